The van der Waals surface area contributed by atoms with Crippen LogP contribution in [0, 0.1) is 0 Å². The predicted octanol–water partition coefficient (Wildman–Crippen LogP) is 2.08. The van der Waals surface area contributed by atoms with E-state index < -0.39 is 0 Å². The van der Waals surface area contributed by atoms with E-state index >= 15 is 0 Å². The van der Waals surface area contributed by atoms with E-state index in [9.17, 15) is 0 Å². The summed E-state index contributed by atoms with van der Waals surface area (Å²) in [4.78, 5) is 4.40. The van der Waals surface area contributed by atoms with Gasteiger partial charge in [0.1, 0.15) is 5.82 Å². The Labute approximate surface area is 94.2 Å². The van der Waals surface area contributed by atoms with Crippen molar-refractivity contribution >= 4 is 16.7 Å². The van der Waals surface area contributed by atoms with Gasteiger partial charge in [-0.25, -0.2) is 4.98 Å². The third-order valence-electron chi connectivity index (χ3n) is 2.83. The first-order valence-electron chi connectivity index (χ1n) is 5.43. The minimum Gasteiger partial charge on any atom is -0.381 e. The van der Waals surface area contributed by atoms with Crippen molar-refractivity contribution in [2.75, 3.05) is 12.4 Å². The molecule has 0 aliphatic heterocycles. The van der Waals surface area contributed by atoms with Gasteiger partial charge in [0.2, 0.25) is 5.13 Å². The molecule has 1 aromatic heterocycles. The molecule has 0 spiro atoms. The second-order valence-corrected chi connectivity index (χ2v) is 4.63. The van der Waals surface area contributed by atoms with Crippen LogP contribution in [-0.2, 0) is 11.2 Å². The highest BCUT2D eigenvalue weighted by atomic mass is 32.1. The Kier molecular flexibility index (Phi) is 3.53. The van der Waals surface area contributed by atoms with E-state index in [1.54, 1.807) is 7.11 Å². The fourth-order valence-corrected chi connectivity index (χ4v) is 2.64. The first kappa shape index (κ1) is 10.8. The lowest BCUT2D eigenvalue weighted by atomic mass is 10.2. The van der Waals surface area contributed by atoms with Gasteiger partial charge in [0.25, 0.3) is 0 Å². The van der Waals surface area contributed by atoms with Crippen LogP contribution >= 0.6 is 11.5 Å². The summed E-state index contributed by atoms with van der Waals surface area (Å²) in [5.41, 5.74) is 0. The van der Waals surface area contributed by atoms with E-state index in [1.165, 1.54) is 18.0 Å². The highest BCUT2D eigenvalue weighted by Gasteiger charge is 2.24. The molecule has 0 bridgehead atoms. The monoisotopic (exact) mass is 227 g/mol. The van der Waals surface area contributed by atoms with Crippen LogP contribution in [0.1, 0.15) is 32.0 Å². The molecule has 0 radical (unpaired) electrons. The van der Waals surface area contributed by atoms with Crippen molar-refractivity contribution in [1.29, 1.82) is 0 Å². The number of aromatic nitrogens is 2. The molecule has 0 saturated heterocycles. The number of anilines is 1. The van der Waals surface area contributed by atoms with Gasteiger partial charge in [-0.1, -0.05) is 6.92 Å². The summed E-state index contributed by atoms with van der Waals surface area (Å²) < 4.78 is 9.59. The second-order valence-electron chi connectivity index (χ2n) is 3.88. The molecule has 4 nitrogen and oxygen atoms in total. The largest absolute Gasteiger partial charge is 0.381 e. The summed E-state index contributed by atoms with van der Waals surface area (Å²) in [6.07, 6.45) is 4.72. The smallest absolute Gasteiger partial charge is 0.202 e. The third-order valence-corrected chi connectivity index (χ3v) is 3.51. The van der Waals surface area contributed by atoms with Crippen molar-refractivity contribution in [3.63, 3.8) is 0 Å². The quantitative estimate of drug-likeness (QED) is 0.855. The highest BCUT2D eigenvalue weighted by Crippen LogP contribution is 2.25. The van der Waals surface area contributed by atoms with Gasteiger partial charge in [0, 0.05) is 31.1 Å². The van der Waals surface area contributed by atoms with Crippen LogP contribution in [-0.4, -0.2) is 28.6 Å². The zero-order valence-corrected chi connectivity index (χ0v) is 10.0. The van der Waals surface area contributed by atoms with Crippen molar-refractivity contribution in [1.82, 2.24) is 9.36 Å². The minimum absolute atomic E-state index is 0.418. The molecule has 15 heavy (non-hydrogen) atoms. The van der Waals surface area contributed by atoms with E-state index in [2.05, 4.69) is 21.6 Å². The molecule has 0 amide bonds. The number of nitrogens with zero attached hydrogens (tertiary/aromatic N) is 2. The number of rotatable bonds is 4. The molecule has 5 heteroatoms. The molecule has 1 saturated carbocycles. The predicted molar refractivity (Wildman–Crippen MR) is 61.3 cm³/mol. The van der Waals surface area contributed by atoms with E-state index in [1.807, 2.05) is 0 Å². The van der Waals surface area contributed by atoms with Gasteiger partial charge in [-0.15, -0.1) is 0 Å². The molecule has 84 valence electrons. The van der Waals surface area contributed by atoms with Gasteiger partial charge in [-0.2, -0.15) is 4.37 Å². The molecule has 2 rings (SSSR count). The molecular formula is C10H17N3OS. The summed E-state index contributed by atoms with van der Waals surface area (Å²) in [5.74, 6) is 0.934. The van der Waals surface area contributed by atoms with Gasteiger partial charge < -0.3 is 10.1 Å². The number of aryl methyl sites for hydroxylation is 1. The van der Waals surface area contributed by atoms with Crippen molar-refractivity contribution in [3.05, 3.63) is 5.82 Å². The van der Waals surface area contributed by atoms with Crippen LogP contribution in [0.2, 0.25) is 0 Å². The summed E-state index contributed by atoms with van der Waals surface area (Å²) in [7, 11) is 1.78. The highest BCUT2D eigenvalue weighted by molar-refractivity contribution is 7.09. The topological polar surface area (TPSA) is 47.0 Å². The zero-order chi connectivity index (χ0) is 10.7. The van der Waals surface area contributed by atoms with E-state index in [-0.39, 0.29) is 0 Å². The Balaban J connectivity index is 1.87. The Bertz CT molecular complexity index is 315. The number of nitrogens with one attached hydrogen (secondary N) is 1. The molecule has 2 atom stereocenters. The Morgan fingerprint density at radius 1 is 1.53 bits per heavy atom. The summed E-state index contributed by atoms with van der Waals surface area (Å²) in [6.45, 7) is 2.07. The van der Waals surface area contributed by atoms with Gasteiger partial charge >= 0.3 is 0 Å². The molecule has 1 heterocycles. The van der Waals surface area contributed by atoms with E-state index in [0.29, 0.717) is 12.1 Å². The average Bonchev–Trinajstić information content (AvgIpc) is 2.87. The first-order valence-corrected chi connectivity index (χ1v) is 6.21. The summed E-state index contributed by atoms with van der Waals surface area (Å²) >= 11 is 1.46. The fraction of sp³-hybridized carbons (Fsp3) is 0.800. The SMILES string of the molecule is CCc1nsc(NC2CCC(OC)C2)n1. The molecule has 0 aromatic carbocycles. The van der Waals surface area contributed by atoms with Gasteiger partial charge in [0.15, 0.2) is 0 Å². The number of hydrogen-bond donors (Lipinski definition) is 1. The van der Waals surface area contributed by atoms with Crippen molar-refractivity contribution in [3.8, 4) is 0 Å². The van der Waals surface area contributed by atoms with Crippen molar-refractivity contribution in [2.45, 2.75) is 44.8 Å². The minimum atomic E-state index is 0.418. The van der Waals surface area contributed by atoms with Gasteiger partial charge in [0.05, 0.1) is 6.10 Å². The lowest BCUT2D eigenvalue weighted by molar-refractivity contribution is 0.108. The number of methoxy groups -OCH3 is 1. The third kappa shape index (κ3) is 2.66. The summed E-state index contributed by atoms with van der Waals surface area (Å²) in [6, 6.07) is 0.507. The maximum absolute atomic E-state index is 5.33. The maximum atomic E-state index is 5.33. The fourth-order valence-electron chi connectivity index (χ4n) is 1.92. The lowest BCUT2D eigenvalue weighted by Gasteiger charge is -2.10. The van der Waals surface area contributed by atoms with Crippen LogP contribution in [0.3, 0.4) is 0 Å². The van der Waals surface area contributed by atoms with Gasteiger partial charge in [-0.05, 0) is 19.3 Å². The normalized spacial score (nSPS) is 25.7. The van der Waals surface area contributed by atoms with Crippen LogP contribution in [0.4, 0.5) is 5.13 Å². The number of ether oxygens (including phenoxy) is 1. The molecule has 1 aliphatic carbocycles. The standard InChI is InChI=1S/C10H17N3OS/c1-3-9-12-10(15-13-9)11-7-4-5-8(6-7)14-2/h7-8H,3-6H2,1-2H3,(H,11,12,13). The van der Waals surface area contributed by atoms with Crippen LogP contribution < -0.4 is 5.32 Å². The second kappa shape index (κ2) is 4.90. The van der Waals surface area contributed by atoms with Crippen molar-refractivity contribution in [2.24, 2.45) is 0 Å². The lowest BCUT2D eigenvalue weighted by Crippen LogP contribution is -2.17. The molecule has 1 aromatic rings. The first-order chi connectivity index (χ1) is 7.31. The molecular weight excluding hydrogens is 210 g/mol. The average molecular weight is 227 g/mol. The van der Waals surface area contributed by atoms with Crippen LogP contribution in [0.5, 0.6) is 0 Å². The van der Waals surface area contributed by atoms with Crippen LogP contribution in [0.15, 0.2) is 0 Å². The Hall–Kier alpha value is -0.680. The van der Waals surface area contributed by atoms with E-state index in [0.717, 1.165) is 30.2 Å². The molecule has 1 fully saturated rings. The van der Waals surface area contributed by atoms with Gasteiger partial charge in [-0.3, -0.25) is 0 Å². The molecule has 2 unspecified atom stereocenters. The zero-order valence-electron chi connectivity index (χ0n) is 9.19. The molecule has 1 N–H and O–H groups in total. The summed E-state index contributed by atoms with van der Waals surface area (Å²) in [5, 5.41) is 4.38. The Morgan fingerprint density at radius 2 is 2.40 bits per heavy atom. The number of hydrogen-bond acceptors (Lipinski definition) is 5. The molecule has 1 aliphatic rings. The van der Waals surface area contributed by atoms with Crippen molar-refractivity contribution < 1.29 is 4.74 Å². The van der Waals surface area contributed by atoms with E-state index in [4.69, 9.17) is 4.74 Å². The Morgan fingerprint density at radius 3 is 3.00 bits per heavy atom. The van der Waals surface area contributed by atoms with Crippen LogP contribution in [0.25, 0.3) is 0 Å². The maximum Gasteiger partial charge on any atom is 0.202 e.